The van der Waals surface area contributed by atoms with E-state index in [1.807, 2.05) is 23.1 Å². The Bertz CT molecular complexity index is 420. The van der Waals surface area contributed by atoms with E-state index in [2.05, 4.69) is 14.9 Å². The topological polar surface area (TPSA) is 53.8 Å². The molecule has 2 saturated heterocycles. The minimum absolute atomic E-state index is 0.281. The van der Waals surface area contributed by atoms with E-state index >= 15 is 0 Å². The van der Waals surface area contributed by atoms with Crippen molar-refractivity contribution >= 4 is 0 Å². The molecule has 0 spiro atoms. The summed E-state index contributed by atoms with van der Waals surface area (Å²) >= 11 is 0. The molecule has 1 aromatic heterocycles. The van der Waals surface area contributed by atoms with Crippen LogP contribution in [0.3, 0.4) is 0 Å². The maximum absolute atomic E-state index is 10.5. The van der Waals surface area contributed by atoms with Crippen LogP contribution < -0.4 is 0 Å². The van der Waals surface area contributed by atoms with Crippen LogP contribution in [0.25, 0.3) is 0 Å². The summed E-state index contributed by atoms with van der Waals surface area (Å²) in [6.45, 7) is 7.00. The van der Waals surface area contributed by atoms with Crippen molar-refractivity contribution in [3.8, 4) is 0 Å². The van der Waals surface area contributed by atoms with Gasteiger partial charge in [0.2, 0.25) is 0 Å². The molecule has 0 radical (unpaired) electrons. The fourth-order valence-electron chi connectivity index (χ4n) is 3.54. The molecular weight excluding hydrogens is 280 g/mol. The van der Waals surface area contributed by atoms with Crippen LogP contribution in [0.4, 0.5) is 0 Å². The second kappa shape index (κ2) is 8.06. The Morgan fingerprint density at radius 2 is 2.05 bits per heavy atom. The molecule has 1 aromatic rings. The van der Waals surface area contributed by atoms with E-state index < -0.39 is 0 Å². The van der Waals surface area contributed by atoms with Crippen molar-refractivity contribution in [3.05, 3.63) is 18.5 Å². The Hall–Kier alpha value is -0.950. The van der Waals surface area contributed by atoms with Gasteiger partial charge in [0, 0.05) is 44.6 Å². The number of likely N-dealkylation sites (tertiary alicyclic amines) is 1. The van der Waals surface area contributed by atoms with E-state index in [1.165, 1.54) is 19.3 Å². The summed E-state index contributed by atoms with van der Waals surface area (Å²) in [5, 5.41) is 14.8. The van der Waals surface area contributed by atoms with Crippen molar-refractivity contribution in [2.45, 2.75) is 38.0 Å². The third-order valence-corrected chi connectivity index (χ3v) is 4.72. The Balaban J connectivity index is 1.49. The molecule has 0 aromatic carbocycles. The first kappa shape index (κ1) is 15.9. The Morgan fingerprint density at radius 1 is 1.18 bits per heavy atom. The summed E-state index contributed by atoms with van der Waals surface area (Å²) in [5.74, 6) is 0. The molecule has 22 heavy (non-hydrogen) atoms. The summed E-state index contributed by atoms with van der Waals surface area (Å²) in [5.41, 5.74) is 0. The van der Waals surface area contributed by atoms with Crippen LogP contribution >= 0.6 is 0 Å². The third kappa shape index (κ3) is 4.52. The van der Waals surface area contributed by atoms with Gasteiger partial charge in [-0.05, 0) is 25.5 Å². The van der Waals surface area contributed by atoms with Gasteiger partial charge in [0.1, 0.15) is 0 Å². The van der Waals surface area contributed by atoms with E-state index in [1.54, 1.807) is 0 Å². The fraction of sp³-hybridized carbons (Fsp3) is 0.812. The van der Waals surface area contributed by atoms with Crippen molar-refractivity contribution < 1.29 is 9.84 Å². The van der Waals surface area contributed by atoms with Gasteiger partial charge in [-0.25, -0.2) is 0 Å². The molecule has 0 aliphatic carbocycles. The van der Waals surface area contributed by atoms with Crippen molar-refractivity contribution in [2.75, 3.05) is 45.9 Å². The average molecular weight is 308 g/mol. The second-order valence-corrected chi connectivity index (χ2v) is 6.44. The number of morpholine rings is 1. The lowest BCUT2D eigenvalue weighted by Gasteiger charge is -2.38. The third-order valence-electron chi connectivity index (χ3n) is 4.72. The monoisotopic (exact) mass is 308 g/mol. The largest absolute Gasteiger partial charge is 0.390 e. The lowest BCUT2D eigenvalue weighted by atomic mass is 10.0. The average Bonchev–Trinajstić information content (AvgIpc) is 3.03. The number of aromatic nitrogens is 2. The van der Waals surface area contributed by atoms with Crippen molar-refractivity contribution in [1.29, 1.82) is 0 Å². The first-order chi connectivity index (χ1) is 10.8. The smallest absolute Gasteiger partial charge is 0.0793 e. The number of ether oxygens (including phenoxy) is 1. The van der Waals surface area contributed by atoms with Gasteiger partial charge in [0.05, 0.1) is 25.9 Å². The zero-order valence-electron chi connectivity index (χ0n) is 13.3. The number of nitrogens with zero attached hydrogens (tertiary/aromatic N) is 4. The molecule has 3 rings (SSSR count). The van der Waals surface area contributed by atoms with Crippen LogP contribution in [0.15, 0.2) is 18.5 Å². The van der Waals surface area contributed by atoms with E-state index in [9.17, 15) is 5.11 Å². The molecule has 6 heteroatoms. The predicted molar refractivity (Wildman–Crippen MR) is 84.7 cm³/mol. The molecule has 3 heterocycles. The van der Waals surface area contributed by atoms with Gasteiger partial charge in [0.25, 0.3) is 0 Å². The molecule has 0 saturated carbocycles. The van der Waals surface area contributed by atoms with Gasteiger partial charge >= 0.3 is 0 Å². The number of hydrogen-bond acceptors (Lipinski definition) is 5. The zero-order valence-corrected chi connectivity index (χ0v) is 13.3. The quantitative estimate of drug-likeness (QED) is 0.826. The van der Waals surface area contributed by atoms with Crippen molar-refractivity contribution in [2.24, 2.45) is 0 Å². The highest BCUT2D eigenvalue weighted by Crippen LogP contribution is 2.19. The Morgan fingerprint density at radius 3 is 2.82 bits per heavy atom. The summed E-state index contributed by atoms with van der Waals surface area (Å²) in [7, 11) is 0. The molecule has 2 aliphatic heterocycles. The normalized spacial score (nSPS) is 26.1. The van der Waals surface area contributed by atoms with Gasteiger partial charge < -0.3 is 9.84 Å². The molecule has 0 bridgehead atoms. The van der Waals surface area contributed by atoms with Crippen LogP contribution in [-0.4, -0.2) is 82.8 Å². The Labute approximate surface area is 132 Å². The number of piperidine rings is 1. The van der Waals surface area contributed by atoms with Gasteiger partial charge in [-0.2, -0.15) is 5.10 Å². The molecule has 2 atom stereocenters. The van der Waals surface area contributed by atoms with Gasteiger partial charge in [-0.1, -0.05) is 6.42 Å². The SMILES string of the molecule is OC(CN1CCOCC1)CN1CCCCC1Cn1cccn1. The van der Waals surface area contributed by atoms with Crippen LogP contribution in [0.2, 0.25) is 0 Å². The van der Waals surface area contributed by atoms with Gasteiger partial charge in [-0.15, -0.1) is 0 Å². The summed E-state index contributed by atoms with van der Waals surface area (Å²) in [6.07, 6.45) is 7.29. The highest BCUT2D eigenvalue weighted by Gasteiger charge is 2.25. The number of aliphatic hydroxyl groups excluding tert-OH is 1. The van der Waals surface area contributed by atoms with Crippen LogP contribution in [-0.2, 0) is 11.3 Å². The number of hydrogen-bond donors (Lipinski definition) is 1. The molecule has 6 nitrogen and oxygen atoms in total. The van der Waals surface area contributed by atoms with E-state index in [4.69, 9.17) is 4.74 Å². The van der Waals surface area contributed by atoms with E-state index in [0.29, 0.717) is 6.04 Å². The molecule has 1 N–H and O–H groups in total. The highest BCUT2D eigenvalue weighted by molar-refractivity contribution is 4.84. The molecule has 124 valence electrons. The number of aliphatic hydroxyl groups is 1. The van der Waals surface area contributed by atoms with Gasteiger partial charge in [-0.3, -0.25) is 14.5 Å². The Kier molecular flexibility index (Phi) is 5.83. The minimum Gasteiger partial charge on any atom is -0.390 e. The zero-order chi connectivity index (χ0) is 15.2. The highest BCUT2D eigenvalue weighted by atomic mass is 16.5. The molecule has 2 aliphatic rings. The molecule has 0 amide bonds. The summed E-state index contributed by atoms with van der Waals surface area (Å²) in [4.78, 5) is 4.76. The first-order valence-corrected chi connectivity index (χ1v) is 8.51. The second-order valence-electron chi connectivity index (χ2n) is 6.44. The van der Waals surface area contributed by atoms with Crippen LogP contribution in [0, 0.1) is 0 Å². The number of β-amino-alcohol motifs (C(OH)–C–C–N with tert-alkyl or cyclic N) is 1. The van der Waals surface area contributed by atoms with Crippen molar-refractivity contribution in [3.63, 3.8) is 0 Å². The van der Waals surface area contributed by atoms with E-state index in [0.717, 1.165) is 52.5 Å². The maximum atomic E-state index is 10.5. The van der Waals surface area contributed by atoms with Crippen LogP contribution in [0.1, 0.15) is 19.3 Å². The summed E-state index contributed by atoms with van der Waals surface area (Å²) in [6, 6.07) is 2.47. The lowest BCUT2D eigenvalue weighted by Crippen LogP contribution is -2.49. The lowest BCUT2D eigenvalue weighted by molar-refractivity contribution is -0.00183. The van der Waals surface area contributed by atoms with E-state index in [-0.39, 0.29) is 6.10 Å². The van der Waals surface area contributed by atoms with Crippen molar-refractivity contribution in [1.82, 2.24) is 19.6 Å². The number of rotatable bonds is 6. The molecular formula is C16H28N4O2. The van der Waals surface area contributed by atoms with Crippen LogP contribution in [0.5, 0.6) is 0 Å². The fourth-order valence-corrected chi connectivity index (χ4v) is 3.54. The molecule has 2 unspecified atom stereocenters. The van der Waals surface area contributed by atoms with Gasteiger partial charge in [0.15, 0.2) is 0 Å². The standard InChI is InChI=1S/C16H28N4O2/c21-16(13-18-8-10-22-11-9-18)14-19-6-2-1-4-15(19)12-20-7-3-5-17-20/h3,5,7,15-16,21H,1-2,4,6,8-14H2. The molecule has 2 fully saturated rings. The minimum atomic E-state index is -0.281. The predicted octanol–water partition coefficient (Wildman–Crippen LogP) is 0.431. The summed E-state index contributed by atoms with van der Waals surface area (Å²) < 4.78 is 7.37. The maximum Gasteiger partial charge on any atom is 0.0793 e. The first-order valence-electron chi connectivity index (χ1n) is 8.51.